The Morgan fingerprint density at radius 1 is 0.583 bits per heavy atom. The maximum Gasteiger partial charge on any atom is 0.341 e. The average molecular weight is 649 g/mol. The molecule has 0 aliphatic heterocycles. The maximum atomic E-state index is 15.2. The summed E-state index contributed by atoms with van der Waals surface area (Å²) >= 11 is 0. The van der Waals surface area contributed by atoms with E-state index in [4.69, 9.17) is 18.9 Å². The van der Waals surface area contributed by atoms with Crippen molar-refractivity contribution in [3.05, 3.63) is 108 Å². The lowest BCUT2D eigenvalue weighted by atomic mass is 9.96. The fourth-order valence-electron chi connectivity index (χ4n) is 6.55. The Balaban J connectivity index is 1.83. The Hall–Kier alpha value is -5.90. The van der Waals surface area contributed by atoms with Crippen LogP contribution in [0.5, 0.6) is 11.5 Å². The van der Waals surface area contributed by atoms with Crippen LogP contribution in [-0.2, 0) is 9.47 Å². The zero-order valence-corrected chi connectivity index (χ0v) is 26.6. The topological polar surface area (TPSA) is 80.9 Å². The minimum Gasteiger partial charge on any atom is -0.497 e. The second-order valence-corrected chi connectivity index (χ2v) is 11.0. The van der Waals surface area contributed by atoms with Gasteiger partial charge >= 0.3 is 11.9 Å². The highest BCUT2D eigenvalue weighted by Gasteiger charge is 2.34. The third-order valence-electron chi connectivity index (χ3n) is 8.45. The van der Waals surface area contributed by atoms with Crippen molar-refractivity contribution in [2.75, 3.05) is 27.4 Å². The molecule has 0 radical (unpaired) electrons. The van der Waals surface area contributed by atoms with E-state index in [1.165, 1.54) is 24.3 Å². The molecular weight excluding hydrogens is 618 g/mol. The second-order valence-electron chi connectivity index (χ2n) is 11.0. The average Bonchev–Trinajstić information content (AvgIpc) is 3.59. The molecule has 0 atom stereocenters. The van der Waals surface area contributed by atoms with Crippen molar-refractivity contribution in [2.24, 2.45) is 0 Å². The number of carbonyl (C=O) groups excluding carboxylic acids is 2. The molecule has 0 N–H and O–H groups in total. The standard InChI is InChI=1S/C38H30F2N2O6/c1-5-47-37(43)33-31-27-19-21(39)7-17-29(27)42(24-11-15-26(46-4)16-12-24)36(31)34(38(44)48-6-2)32-28-20-22(40)8-18-30(28)41(35(32)33)23-9-13-25(45-3)14-10-23/h7-20H,5-6H2,1-4H3. The van der Waals surface area contributed by atoms with Crippen LogP contribution in [-0.4, -0.2) is 48.5 Å². The molecule has 0 fully saturated rings. The quantitative estimate of drug-likeness (QED) is 0.154. The van der Waals surface area contributed by atoms with Crippen molar-refractivity contribution in [3.8, 4) is 22.9 Å². The Morgan fingerprint density at radius 2 is 0.958 bits per heavy atom. The van der Waals surface area contributed by atoms with Crippen molar-refractivity contribution in [1.29, 1.82) is 0 Å². The summed E-state index contributed by atoms with van der Waals surface area (Å²) in [7, 11) is 3.11. The second kappa shape index (κ2) is 12.0. The van der Waals surface area contributed by atoms with Crippen LogP contribution in [0.4, 0.5) is 8.78 Å². The number of hydrogen-bond acceptors (Lipinski definition) is 6. The molecule has 0 spiro atoms. The van der Waals surface area contributed by atoms with Gasteiger partial charge < -0.3 is 28.1 Å². The number of benzene rings is 5. The van der Waals surface area contributed by atoms with E-state index in [1.54, 1.807) is 97.9 Å². The molecular formula is C38H30F2N2O6. The van der Waals surface area contributed by atoms with Crippen LogP contribution in [0.15, 0.2) is 84.9 Å². The fraction of sp³-hybridized carbons (Fsp3) is 0.158. The monoisotopic (exact) mass is 648 g/mol. The van der Waals surface area contributed by atoms with Gasteiger partial charge in [0, 0.05) is 32.9 Å². The Bertz CT molecular complexity index is 2220. The van der Waals surface area contributed by atoms with Gasteiger partial charge in [-0.25, -0.2) is 18.4 Å². The van der Waals surface area contributed by atoms with Gasteiger partial charge in [-0.15, -0.1) is 0 Å². The highest BCUT2D eigenvalue weighted by Crippen LogP contribution is 2.46. The lowest BCUT2D eigenvalue weighted by molar-refractivity contribution is 0.0517. The van der Waals surface area contributed by atoms with E-state index in [0.717, 1.165) is 0 Å². The van der Waals surface area contributed by atoms with Crippen LogP contribution in [0.1, 0.15) is 34.6 Å². The zero-order valence-electron chi connectivity index (χ0n) is 26.6. The fourth-order valence-corrected chi connectivity index (χ4v) is 6.55. The first kappa shape index (κ1) is 30.7. The minimum atomic E-state index is -0.695. The number of ether oxygens (including phenoxy) is 4. The molecule has 0 saturated heterocycles. The number of fused-ring (bicyclic) bond motifs is 6. The van der Waals surface area contributed by atoms with Gasteiger partial charge in [0.25, 0.3) is 0 Å². The molecule has 8 nitrogen and oxygen atoms in total. The van der Waals surface area contributed by atoms with Crippen molar-refractivity contribution >= 4 is 55.6 Å². The normalized spacial score (nSPS) is 11.5. The lowest BCUT2D eigenvalue weighted by Gasteiger charge is -2.16. The Morgan fingerprint density at radius 3 is 1.29 bits per heavy atom. The predicted molar refractivity (Wildman–Crippen MR) is 180 cm³/mol. The van der Waals surface area contributed by atoms with Crippen molar-refractivity contribution in [2.45, 2.75) is 13.8 Å². The molecule has 48 heavy (non-hydrogen) atoms. The van der Waals surface area contributed by atoms with E-state index in [0.29, 0.717) is 44.7 Å². The molecule has 0 saturated carbocycles. The van der Waals surface area contributed by atoms with E-state index in [1.807, 2.05) is 0 Å². The van der Waals surface area contributed by atoms with Gasteiger partial charge in [0.1, 0.15) is 23.1 Å². The summed E-state index contributed by atoms with van der Waals surface area (Å²) in [4.78, 5) is 28.6. The van der Waals surface area contributed by atoms with E-state index in [2.05, 4.69) is 0 Å². The third-order valence-corrected chi connectivity index (χ3v) is 8.45. The Kier molecular flexibility index (Phi) is 7.71. The molecule has 0 bridgehead atoms. The van der Waals surface area contributed by atoms with Gasteiger partial charge in [-0.3, -0.25) is 0 Å². The first-order chi connectivity index (χ1) is 23.3. The number of methoxy groups -OCH3 is 2. The minimum absolute atomic E-state index is 0.0460. The SMILES string of the molecule is CCOC(=O)c1c2c3cc(F)ccc3n(-c3ccc(OC)cc3)c2c(C(=O)OCC)c2c3cc(F)ccc3n(-c3ccc(OC)cc3)c12. The molecule has 0 aliphatic rings. The van der Waals surface area contributed by atoms with Crippen molar-refractivity contribution < 1.29 is 37.3 Å². The molecule has 2 heterocycles. The van der Waals surface area contributed by atoms with Gasteiger partial charge in [-0.1, -0.05) is 0 Å². The van der Waals surface area contributed by atoms with Gasteiger partial charge in [-0.05, 0) is 98.8 Å². The number of nitrogens with zero attached hydrogens (tertiary/aromatic N) is 2. The number of hydrogen-bond donors (Lipinski definition) is 0. The van der Waals surface area contributed by atoms with Crippen LogP contribution < -0.4 is 9.47 Å². The van der Waals surface area contributed by atoms with Crippen molar-refractivity contribution in [3.63, 3.8) is 0 Å². The number of esters is 2. The summed E-state index contributed by atoms with van der Waals surface area (Å²) in [5, 5.41) is 1.31. The summed E-state index contributed by atoms with van der Waals surface area (Å²) in [5.74, 6) is -1.27. The summed E-state index contributed by atoms with van der Waals surface area (Å²) in [6.45, 7) is 3.47. The van der Waals surface area contributed by atoms with Crippen LogP contribution in [0.2, 0.25) is 0 Å². The molecule has 242 valence electrons. The van der Waals surface area contributed by atoms with Crippen LogP contribution in [0, 0.1) is 11.6 Å². The number of halogens is 2. The number of aromatic nitrogens is 2. The van der Waals surface area contributed by atoms with Crippen LogP contribution in [0.3, 0.4) is 0 Å². The molecule has 10 heteroatoms. The molecule has 0 unspecified atom stereocenters. The number of carbonyl (C=O) groups is 2. The largest absolute Gasteiger partial charge is 0.497 e. The summed E-state index contributed by atoms with van der Waals surface area (Å²) < 4.78 is 56.1. The zero-order chi connectivity index (χ0) is 33.7. The third kappa shape index (κ3) is 4.71. The van der Waals surface area contributed by atoms with Crippen molar-refractivity contribution in [1.82, 2.24) is 9.13 Å². The van der Waals surface area contributed by atoms with Gasteiger partial charge in [-0.2, -0.15) is 0 Å². The molecule has 5 aromatic carbocycles. The summed E-state index contributed by atoms with van der Waals surface area (Å²) in [6.07, 6.45) is 0. The van der Waals surface area contributed by atoms with Crippen LogP contribution in [0.25, 0.3) is 55.0 Å². The lowest BCUT2D eigenvalue weighted by Crippen LogP contribution is -2.13. The van der Waals surface area contributed by atoms with Gasteiger partial charge in [0.05, 0.1) is 60.6 Å². The van der Waals surface area contributed by atoms with E-state index >= 15 is 8.78 Å². The summed E-state index contributed by atoms with van der Waals surface area (Å²) in [5.41, 5.74) is 2.99. The first-order valence-corrected chi connectivity index (χ1v) is 15.4. The molecule has 0 amide bonds. The molecule has 7 aromatic rings. The molecule has 2 aromatic heterocycles. The maximum absolute atomic E-state index is 15.2. The highest BCUT2D eigenvalue weighted by molar-refractivity contribution is 6.34. The smallest absolute Gasteiger partial charge is 0.341 e. The Labute approximate surface area is 273 Å². The van der Waals surface area contributed by atoms with E-state index < -0.39 is 23.6 Å². The molecule has 0 aliphatic carbocycles. The van der Waals surface area contributed by atoms with Gasteiger partial charge in [0.15, 0.2) is 0 Å². The highest BCUT2D eigenvalue weighted by atomic mass is 19.1. The first-order valence-electron chi connectivity index (χ1n) is 15.4. The summed E-state index contributed by atoms with van der Waals surface area (Å²) in [6, 6.07) is 22.7. The number of rotatable bonds is 8. The molecule has 7 rings (SSSR count). The van der Waals surface area contributed by atoms with Crippen LogP contribution >= 0.6 is 0 Å². The predicted octanol–water partition coefficient (Wildman–Crippen LogP) is 8.53. The van der Waals surface area contributed by atoms with Gasteiger partial charge in [0.2, 0.25) is 0 Å². The van der Waals surface area contributed by atoms with E-state index in [9.17, 15) is 9.59 Å². The van der Waals surface area contributed by atoms with E-state index in [-0.39, 0.29) is 46.1 Å².